The summed E-state index contributed by atoms with van der Waals surface area (Å²) in [6.07, 6.45) is 1.84. The van der Waals surface area contributed by atoms with E-state index in [-0.39, 0.29) is 10.8 Å². The molecule has 0 unspecified atom stereocenters. The Bertz CT molecular complexity index is 2770. The van der Waals surface area contributed by atoms with Crippen LogP contribution >= 0.6 is 0 Å². The molecule has 5 heteroatoms. The lowest BCUT2D eigenvalue weighted by atomic mass is 9.86. The van der Waals surface area contributed by atoms with E-state index in [1.54, 1.807) is 0 Å². The first-order valence-electron chi connectivity index (χ1n) is 19.6. The molecule has 5 nitrogen and oxygen atoms in total. The number of pyridine rings is 1. The van der Waals surface area contributed by atoms with E-state index in [0.717, 1.165) is 66.4 Å². The molecule has 3 heterocycles. The molecule has 0 spiro atoms. The maximum atomic E-state index is 5.30. The molecule has 0 radical (unpaired) electrons. The summed E-state index contributed by atoms with van der Waals surface area (Å²) < 4.78 is 2.12. The quantitative estimate of drug-likeness (QED) is 0.170. The molecule has 0 saturated carbocycles. The molecule has 0 amide bonds. The second kappa shape index (κ2) is 14.1. The van der Waals surface area contributed by atoms with Gasteiger partial charge in [0.05, 0.1) is 5.52 Å². The third kappa shape index (κ3) is 6.91. The van der Waals surface area contributed by atoms with Crippen molar-refractivity contribution in [1.29, 1.82) is 0 Å². The highest BCUT2D eigenvalue weighted by atomic mass is 15.2. The Balaban J connectivity index is 1.26. The largest absolute Gasteiger partial charge is 0.261 e. The van der Waals surface area contributed by atoms with E-state index in [1.807, 2.05) is 18.3 Å². The number of benzene rings is 6. The number of aromatic nitrogens is 5. The Morgan fingerprint density at radius 2 is 0.895 bits per heavy atom. The van der Waals surface area contributed by atoms with E-state index >= 15 is 0 Å². The average Bonchev–Trinajstić information content (AvgIpc) is 3.58. The van der Waals surface area contributed by atoms with E-state index < -0.39 is 0 Å². The number of fused-ring (bicyclic) bond motifs is 3. The van der Waals surface area contributed by atoms with Gasteiger partial charge >= 0.3 is 0 Å². The van der Waals surface area contributed by atoms with Crippen molar-refractivity contribution in [2.75, 3.05) is 0 Å². The lowest BCUT2D eigenvalue weighted by Gasteiger charge is -2.19. The molecule has 3 aromatic heterocycles. The van der Waals surface area contributed by atoms with Crippen LogP contribution in [0.2, 0.25) is 0 Å². The molecular formula is C52H45N5. The Morgan fingerprint density at radius 3 is 1.44 bits per heavy atom. The predicted molar refractivity (Wildman–Crippen MR) is 237 cm³/mol. The van der Waals surface area contributed by atoms with Crippen LogP contribution in [0.4, 0.5) is 0 Å². The van der Waals surface area contributed by atoms with Crippen LogP contribution in [0.5, 0.6) is 0 Å². The average molecular weight is 740 g/mol. The van der Waals surface area contributed by atoms with Crippen LogP contribution in [0.25, 0.3) is 84.0 Å². The number of rotatable bonds is 6. The summed E-state index contributed by atoms with van der Waals surface area (Å²) in [7, 11) is 0. The molecule has 0 aliphatic heterocycles. The topological polar surface area (TPSA) is 56.5 Å². The van der Waals surface area contributed by atoms with E-state index in [0.29, 0.717) is 17.6 Å². The molecule has 9 aromatic rings. The van der Waals surface area contributed by atoms with Gasteiger partial charge < -0.3 is 0 Å². The van der Waals surface area contributed by atoms with E-state index in [2.05, 4.69) is 192 Å². The molecule has 57 heavy (non-hydrogen) atoms. The zero-order valence-electron chi connectivity index (χ0n) is 33.3. The van der Waals surface area contributed by atoms with Crippen molar-refractivity contribution in [1.82, 2.24) is 24.5 Å². The fraction of sp³-hybridized carbons (Fsp3) is 0.154. The van der Waals surface area contributed by atoms with Crippen LogP contribution in [0.1, 0.15) is 52.7 Å². The summed E-state index contributed by atoms with van der Waals surface area (Å²) in [5.74, 6) is 1.69. The van der Waals surface area contributed by atoms with E-state index in [1.165, 1.54) is 11.1 Å². The Labute approximate surface area is 334 Å². The third-order valence-electron chi connectivity index (χ3n) is 10.9. The van der Waals surface area contributed by atoms with Crippen molar-refractivity contribution < 1.29 is 0 Å². The van der Waals surface area contributed by atoms with Gasteiger partial charge in [-0.05, 0) is 74.0 Å². The predicted octanol–water partition coefficient (Wildman–Crippen LogP) is 13.3. The van der Waals surface area contributed by atoms with Gasteiger partial charge in [0.2, 0.25) is 5.95 Å². The highest BCUT2D eigenvalue weighted by Gasteiger charge is 2.22. The van der Waals surface area contributed by atoms with Gasteiger partial charge in [-0.3, -0.25) is 4.57 Å². The maximum Gasteiger partial charge on any atom is 0.240 e. The van der Waals surface area contributed by atoms with Gasteiger partial charge in [0.25, 0.3) is 0 Å². The minimum absolute atomic E-state index is 0.0767. The minimum atomic E-state index is 0.0767. The standard InChI is InChI=1S/C52H45N5/c1-51(2,3)41-27-23-34(24-28-41)37-16-10-18-39(32-37)47-54-48(40-19-11-17-38(33-40)35-25-29-42(30-26-35)52(4,5)6)56-50(55-47)57-46-43(36-14-8-7-9-15-36)20-12-21-44(46)45-22-13-31-53-49(45)57/h7-33H,1-6H3. The van der Waals surface area contributed by atoms with Gasteiger partial charge in [0.1, 0.15) is 5.65 Å². The molecule has 0 saturated heterocycles. The summed E-state index contributed by atoms with van der Waals surface area (Å²) in [4.78, 5) is 20.8. The smallest absolute Gasteiger partial charge is 0.240 e. The molecule has 9 rings (SSSR count). The number of hydrogen-bond donors (Lipinski definition) is 0. The zero-order chi connectivity index (χ0) is 39.3. The first-order valence-corrected chi connectivity index (χ1v) is 19.6. The molecule has 0 aliphatic rings. The highest BCUT2D eigenvalue weighted by Crippen LogP contribution is 2.38. The van der Waals surface area contributed by atoms with Crippen LogP contribution in [-0.2, 0) is 10.8 Å². The monoisotopic (exact) mass is 739 g/mol. The molecule has 0 bridgehead atoms. The lowest BCUT2D eigenvalue weighted by molar-refractivity contribution is 0.590. The van der Waals surface area contributed by atoms with Crippen LogP contribution in [0, 0.1) is 0 Å². The van der Waals surface area contributed by atoms with Crippen molar-refractivity contribution in [2.24, 2.45) is 0 Å². The highest BCUT2D eigenvalue weighted by molar-refractivity contribution is 6.12. The van der Waals surface area contributed by atoms with E-state index in [9.17, 15) is 0 Å². The molecule has 6 aromatic carbocycles. The second-order valence-corrected chi connectivity index (χ2v) is 16.9. The molecule has 0 N–H and O–H groups in total. The fourth-order valence-corrected chi connectivity index (χ4v) is 7.66. The van der Waals surface area contributed by atoms with E-state index in [4.69, 9.17) is 19.9 Å². The van der Waals surface area contributed by atoms with Crippen molar-refractivity contribution >= 4 is 21.9 Å². The summed E-state index contributed by atoms with van der Waals surface area (Å²) in [5, 5.41) is 2.12. The number of nitrogens with zero attached hydrogens (tertiary/aromatic N) is 5. The molecule has 0 fully saturated rings. The van der Waals surface area contributed by atoms with Gasteiger partial charge in [0.15, 0.2) is 11.6 Å². The zero-order valence-corrected chi connectivity index (χ0v) is 33.3. The normalized spacial score (nSPS) is 12.0. The summed E-state index contributed by atoms with van der Waals surface area (Å²) in [6, 6.07) is 55.8. The van der Waals surface area contributed by atoms with Gasteiger partial charge in [-0.15, -0.1) is 0 Å². The van der Waals surface area contributed by atoms with Crippen LogP contribution in [-0.4, -0.2) is 24.5 Å². The van der Waals surface area contributed by atoms with Crippen molar-refractivity contribution in [3.05, 3.63) is 175 Å². The number of para-hydroxylation sites is 1. The van der Waals surface area contributed by atoms with Gasteiger partial charge in [-0.2, -0.15) is 9.97 Å². The Kier molecular flexibility index (Phi) is 8.89. The molecule has 0 atom stereocenters. The number of hydrogen-bond acceptors (Lipinski definition) is 4. The molecule has 0 aliphatic carbocycles. The van der Waals surface area contributed by atoms with Crippen molar-refractivity contribution in [3.63, 3.8) is 0 Å². The first kappa shape index (κ1) is 35.9. The third-order valence-corrected chi connectivity index (χ3v) is 10.9. The van der Waals surface area contributed by atoms with Crippen LogP contribution in [0.3, 0.4) is 0 Å². The first-order chi connectivity index (χ1) is 27.5. The van der Waals surface area contributed by atoms with Crippen LogP contribution < -0.4 is 0 Å². The fourth-order valence-electron chi connectivity index (χ4n) is 7.66. The van der Waals surface area contributed by atoms with Gasteiger partial charge in [0, 0.05) is 33.7 Å². The minimum Gasteiger partial charge on any atom is -0.261 e. The maximum absolute atomic E-state index is 5.30. The summed E-state index contributed by atoms with van der Waals surface area (Å²) in [6.45, 7) is 13.5. The second-order valence-electron chi connectivity index (χ2n) is 16.9. The summed E-state index contributed by atoms with van der Waals surface area (Å²) >= 11 is 0. The lowest BCUT2D eigenvalue weighted by Crippen LogP contribution is -2.10. The molecule has 278 valence electrons. The van der Waals surface area contributed by atoms with Crippen molar-refractivity contribution in [2.45, 2.75) is 52.4 Å². The Morgan fingerprint density at radius 1 is 0.404 bits per heavy atom. The summed E-state index contributed by atoms with van der Waals surface area (Å²) in [5.41, 5.74) is 13.0. The molecular weight excluding hydrogens is 695 g/mol. The Hall–Kier alpha value is -6.72. The van der Waals surface area contributed by atoms with Crippen molar-refractivity contribution in [3.8, 4) is 62.1 Å². The SMILES string of the molecule is CC(C)(C)c1ccc(-c2cccc(-c3nc(-c4cccc(-c5ccc(C(C)(C)C)cc5)c4)nc(-n4c5ncccc5c5cccc(-c6ccccc6)c54)n3)c2)cc1. The van der Waals surface area contributed by atoms with Crippen LogP contribution in [0.15, 0.2) is 164 Å². The van der Waals surface area contributed by atoms with Gasteiger partial charge in [-0.1, -0.05) is 175 Å². The van der Waals surface area contributed by atoms with Gasteiger partial charge in [-0.25, -0.2) is 9.97 Å².